The van der Waals surface area contributed by atoms with Crippen LogP contribution in [0.5, 0.6) is 0 Å². The molecule has 0 saturated carbocycles. The quantitative estimate of drug-likeness (QED) is 0.886. The van der Waals surface area contributed by atoms with Gasteiger partial charge in [0.15, 0.2) is 0 Å². The molecular weight excluding hydrogens is 335 g/mol. The van der Waals surface area contributed by atoms with E-state index in [4.69, 9.17) is 0 Å². The van der Waals surface area contributed by atoms with E-state index in [2.05, 4.69) is 15.6 Å². The maximum Gasteiger partial charge on any atom is 0.418 e. The second-order valence-electron chi connectivity index (χ2n) is 5.56. The summed E-state index contributed by atoms with van der Waals surface area (Å²) < 4.78 is 38.9. The molecule has 5 nitrogen and oxygen atoms in total. The Labute approximate surface area is 142 Å². The minimum absolute atomic E-state index is 0.00505. The number of nitrogens with zero attached hydrogens (tertiary/aromatic N) is 1. The fourth-order valence-corrected chi connectivity index (χ4v) is 2.07. The molecule has 0 aliphatic carbocycles. The fourth-order valence-electron chi connectivity index (χ4n) is 2.07. The molecule has 1 aromatic carbocycles. The number of hydrogen-bond donors (Lipinski definition) is 2. The number of anilines is 1. The highest BCUT2D eigenvalue weighted by molar-refractivity contribution is 6.06. The number of alkyl halides is 3. The average Bonchev–Trinajstić information content (AvgIpc) is 2.54. The number of carbonyl (C=O) groups is 2. The minimum atomic E-state index is -4.59. The average molecular weight is 351 g/mol. The van der Waals surface area contributed by atoms with E-state index in [-0.39, 0.29) is 23.0 Å². The molecule has 2 aromatic rings. The summed E-state index contributed by atoms with van der Waals surface area (Å²) >= 11 is 0. The van der Waals surface area contributed by atoms with Crippen molar-refractivity contribution in [3.63, 3.8) is 0 Å². The van der Waals surface area contributed by atoms with E-state index >= 15 is 0 Å². The van der Waals surface area contributed by atoms with Crippen molar-refractivity contribution in [2.45, 2.75) is 26.1 Å². The van der Waals surface area contributed by atoms with Gasteiger partial charge in [0, 0.05) is 17.8 Å². The lowest BCUT2D eigenvalue weighted by molar-refractivity contribution is -0.136. The van der Waals surface area contributed by atoms with Crippen LogP contribution in [0.1, 0.15) is 40.3 Å². The van der Waals surface area contributed by atoms with E-state index in [9.17, 15) is 22.8 Å². The van der Waals surface area contributed by atoms with Crippen LogP contribution < -0.4 is 10.6 Å². The Kier molecular flexibility index (Phi) is 5.41. The molecule has 0 fully saturated rings. The highest BCUT2D eigenvalue weighted by Crippen LogP contribution is 2.34. The van der Waals surface area contributed by atoms with Crippen molar-refractivity contribution in [2.24, 2.45) is 0 Å². The Morgan fingerprint density at radius 2 is 1.76 bits per heavy atom. The van der Waals surface area contributed by atoms with Gasteiger partial charge >= 0.3 is 6.18 Å². The maximum atomic E-state index is 13.0. The molecule has 8 heteroatoms. The standard InChI is InChI=1S/C17H16F3N3O2/c1-10(2)22-16(25)14-9-11(7-8-21-14)15(24)23-13-6-4-3-5-12(13)17(18,19)20/h3-10H,1-2H3,(H,22,25)(H,23,24). The van der Waals surface area contributed by atoms with Gasteiger partial charge < -0.3 is 10.6 Å². The number of hydrogen-bond acceptors (Lipinski definition) is 3. The predicted molar refractivity (Wildman–Crippen MR) is 86.2 cm³/mol. The number of pyridine rings is 1. The molecular formula is C17H16F3N3O2. The SMILES string of the molecule is CC(C)NC(=O)c1cc(C(=O)Nc2ccccc2C(F)(F)F)ccn1. The molecule has 1 aromatic heterocycles. The van der Waals surface area contributed by atoms with E-state index in [0.717, 1.165) is 12.1 Å². The van der Waals surface area contributed by atoms with E-state index < -0.39 is 23.6 Å². The van der Waals surface area contributed by atoms with E-state index in [0.29, 0.717) is 0 Å². The second kappa shape index (κ2) is 7.33. The molecule has 2 rings (SSSR count). The topological polar surface area (TPSA) is 71.1 Å². The number of benzene rings is 1. The third kappa shape index (κ3) is 4.79. The molecule has 0 bridgehead atoms. The Bertz CT molecular complexity index is 789. The number of carbonyl (C=O) groups excluding carboxylic acids is 2. The molecule has 0 unspecified atom stereocenters. The van der Waals surface area contributed by atoms with Gasteiger partial charge in [-0.15, -0.1) is 0 Å². The molecule has 0 aliphatic rings. The van der Waals surface area contributed by atoms with Crippen LogP contribution in [-0.4, -0.2) is 22.8 Å². The molecule has 25 heavy (non-hydrogen) atoms. The first-order chi connectivity index (χ1) is 11.7. The Balaban J connectivity index is 2.24. The van der Waals surface area contributed by atoms with Gasteiger partial charge in [-0.3, -0.25) is 14.6 Å². The van der Waals surface area contributed by atoms with Crippen LogP contribution in [0.25, 0.3) is 0 Å². The van der Waals surface area contributed by atoms with Crippen molar-refractivity contribution in [3.05, 3.63) is 59.4 Å². The maximum absolute atomic E-state index is 13.0. The van der Waals surface area contributed by atoms with Gasteiger partial charge in [-0.2, -0.15) is 13.2 Å². The van der Waals surface area contributed by atoms with Crippen LogP contribution in [0.4, 0.5) is 18.9 Å². The highest BCUT2D eigenvalue weighted by Gasteiger charge is 2.33. The van der Waals surface area contributed by atoms with Gasteiger partial charge in [-0.25, -0.2) is 0 Å². The van der Waals surface area contributed by atoms with Crippen molar-refractivity contribution in [2.75, 3.05) is 5.32 Å². The number of aromatic nitrogens is 1. The summed E-state index contributed by atoms with van der Waals surface area (Å²) in [6, 6.07) is 7.09. The highest BCUT2D eigenvalue weighted by atomic mass is 19.4. The van der Waals surface area contributed by atoms with E-state index in [1.165, 1.54) is 30.5 Å². The van der Waals surface area contributed by atoms with E-state index in [1.54, 1.807) is 13.8 Å². The number of amides is 2. The monoisotopic (exact) mass is 351 g/mol. The zero-order chi connectivity index (χ0) is 18.6. The van der Waals surface area contributed by atoms with Crippen molar-refractivity contribution >= 4 is 17.5 Å². The van der Waals surface area contributed by atoms with Crippen molar-refractivity contribution in [3.8, 4) is 0 Å². The summed E-state index contributed by atoms with van der Waals surface area (Å²) in [5.74, 6) is -1.24. The van der Waals surface area contributed by atoms with Crippen LogP contribution in [0.15, 0.2) is 42.6 Å². The zero-order valence-corrected chi connectivity index (χ0v) is 13.5. The molecule has 132 valence electrons. The molecule has 0 spiro atoms. The fraction of sp³-hybridized carbons (Fsp3) is 0.235. The first-order valence-corrected chi connectivity index (χ1v) is 7.43. The zero-order valence-electron chi connectivity index (χ0n) is 13.5. The smallest absolute Gasteiger partial charge is 0.349 e. The summed E-state index contributed by atoms with van der Waals surface area (Å²) in [4.78, 5) is 28.0. The Morgan fingerprint density at radius 1 is 1.08 bits per heavy atom. The lowest BCUT2D eigenvalue weighted by atomic mass is 10.1. The molecule has 2 N–H and O–H groups in total. The summed E-state index contributed by atoms with van der Waals surface area (Å²) in [5, 5.41) is 4.84. The van der Waals surface area contributed by atoms with Crippen molar-refractivity contribution in [1.82, 2.24) is 10.3 Å². The minimum Gasteiger partial charge on any atom is -0.349 e. The van der Waals surface area contributed by atoms with Crippen LogP contribution in [0.3, 0.4) is 0 Å². The normalized spacial score (nSPS) is 11.3. The predicted octanol–water partition coefficient (Wildman–Crippen LogP) is 3.49. The van der Waals surface area contributed by atoms with Crippen LogP contribution in [0.2, 0.25) is 0 Å². The lowest BCUT2D eigenvalue weighted by Gasteiger charge is -2.13. The van der Waals surface area contributed by atoms with Gasteiger partial charge in [-0.1, -0.05) is 12.1 Å². The molecule has 0 radical (unpaired) electrons. The summed E-state index contributed by atoms with van der Waals surface area (Å²) in [6.07, 6.45) is -3.34. The number of halogens is 3. The van der Waals surface area contributed by atoms with Crippen LogP contribution in [0, 0.1) is 0 Å². The molecule has 2 amide bonds. The number of para-hydroxylation sites is 1. The molecule has 0 saturated heterocycles. The van der Waals surface area contributed by atoms with Gasteiger partial charge in [0.05, 0.1) is 11.3 Å². The third-order valence-electron chi connectivity index (χ3n) is 3.16. The molecule has 0 aliphatic heterocycles. The summed E-state index contributed by atoms with van der Waals surface area (Å²) in [5.41, 5.74) is -1.27. The Hall–Kier alpha value is -2.90. The Morgan fingerprint density at radius 3 is 2.40 bits per heavy atom. The third-order valence-corrected chi connectivity index (χ3v) is 3.16. The molecule has 0 atom stereocenters. The van der Waals surface area contributed by atoms with Gasteiger partial charge in [0.1, 0.15) is 5.69 Å². The lowest BCUT2D eigenvalue weighted by Crippen LogP contribution is -2.31. The van der Waals surface area contributed by atoms with Gasteiger partial charge in [-0.05, 0) is 38.1 Å². The van der Waals surface area contributed by atoms with Crippen molar-refractivity contribution < 1.29 is 22.8 Å². The van der Waals surface area contributed by atoms with E-state index in [1.807, 2.05) is 0 Å². The number of nitrogens with one attached hydrogen (secondary N) is 2. The van der Waals surface area contributed by atoms with Crippen molar-refractivity contribution in [1.29, 1.82) is 0 Å². The molecule has 1 heterocycles. The first-order valence-electron chi connectivity index (χ1n) is 7.43. The van der Waals surface area contributed by atoms with Crippen LogP contribution in [-0.2, 0) is 6.18 Å². The number of rotatable bonds is 4. The first kappa shape index (κ1) is 18.4. The summed E-state index contributed by atoms with van der Waals surface area (Å²) in [7, 11) is 0. The van der Waals surface area contributed by atoms with Gasteiger partial charge in [0.2, 0.25) is 0 Å². The summed E-state index contributed by atoms with van der Waals surface area (Å²) in [6.45, 7) is 3.53. The van der Waals surface area contributed by atoms with Crippen LogP contribution >= 0.6 is 0 Å². The van der Waals surface area contributed by atoms with Gasteiger partial charge in [0.25, 0.3) is 11.8 Å². The largest absolute Gasteiger partial charge is 0.418 e. The second-order valence-corrected chi connectivity index (χ2v) is 5.56.